The summed E-state index contributed by atoms with van der Waals surface area (Å²) in [6, 6.07) is 0.257. The fourth-order valence-electron chi connectivity index (χ4n) is 1.35. The smallest absolute Gasteiger partial charge is 0.221 e. The van der Waals surface area contributed by atoms with Crippen LogP contribution in [0.1, 0.15) is 32.6 Å². The molecule has 0 aliphatic heterocycles. The highest BCUT2D eigenvalue weighted by Crippen LogP contribution is 1.96. The van der Waals surface area contributed by atoms with Crippen LogP contribution in [0.3, 0.4) is 0 Å². The number of carbonyl (C=O) groups is 1. The molecule has 4 nitrogen and oxygen atoms in total. The lowest BCUT2D eigenvalue weighted by Crippen LogP contribution is -2.32. The zero-order valence-electron chi connectivity index (χ0n) is 10.1. The lowest BCUT2D eigenvalue weighted by Gasteiger charge is -2.12. The number of amides is 1. The number of methoxy groups -OCH3 is 1. The third-order valence-corrected chi connectivity index (χ3v) is 2.29. The van der Waals surface area contributed by atoms with E-state index in [1.54, 1.807) is 14.2 Å². The summed E-state index contributed by atoms with van der Waals surface area (Å²) >= 11 is 0. The highest BCUT2D eigenvalue weighted by molar-refractivity contribution is 5.76. The summed E-state index contributed by atoms with van der Waals surface area (Å²) in [5, 5.41) is 5.94. The van der Waals surface area contributed by atoms with E-state index in [4.69, 9.17) is 4.74 Å². The van der Waals surface area contributed by atoms with E-state index in [0.717, 1.165) is 26.0 Å². The first-order valence-corrected chi connectivity index (χ1v) is 5.63. The van der Waals surface area contributed by atoms with E-state index in [9.17, 15) is 4.79 Å². The Balaban J connectivity index is 3.23. The molecule has 1 atom stereocenters. The number of nitrogens with one attached hydrogen (secondary N) is 2. The summed E-state index contributed by atoms with van der Waals surface area (Å²) in [4.78, 5) is 11.0. The number of rotatable bonds is 9. The van der Waals surface area contributed by atoms with Crippen LogP contribution in [0.5, 0.6) is 0 Å². The molecule has 0 saturated heterocycles. The van der Waals surface area contributed by atoms with Crippen molar-refractivity contribution >= 4 is 5.91 Å². The van der Waals surface area contributed by atoms with Gasteiger partial charge < -0.3 is 15.4 Å². The number of carbonyl (C=O) groups excluding carboxylic acids is 1. The molecule has 0 aromatic carbocycles. The van der Waals surface area contributed by atoms with E-state index in [-0.39, 0.29) is 11.9 Å². The van der Waals surface area contributed by atoms with Gasteiger partial charge in [-0.2, -0.15) is 0 Å². The first-order valence-electron chi connectivity index (χ1n) is 5.63. The highest BCUT2D eigenvalue weighted by Gasteiger charge is 2.05. The van der Waals surface area contributed by atoms with Crippen molar-refractivity contribution < 1.29 is 9.53 Å². The summed E-state index contributed by atoms with van der Waals surface area (Å²) in [5.74, 6) is 0.0920. The second kappa shape index (κ2) is 9.93. The molecule has 0 fully saturated rings. The van der Waals surface area contributed by atoms with Crippen LogP contribution in [-0.2, 0) is 9.53 Å². The fourth-order valence-corrected chi connectivity index (χ4v) is 1.35. The van der Waals surface area contributed by atoms with Gasteiger partial charge >= 0.3 is 0 Å². The maximum atomic E-state index is 11.0. The molecule has 0 aliphatic rings. The number of unbranched alkanes of at least 4 members (excludes halogenated alkanes) is 2. The molecule has 0 spiro atoms. The van der Waals surface area contributed by atoms with Crippen LogP contribution in [0.4, 0.5) is 0 Å². The van der Waals surface area contributed by atoms with Crippen molar-refractivity contribution in [3.05, 3.63) is 0 Å². The lowest BCUT2D eigenvalue weighted by atomic mass is 10.2. The van der Waals surface area contributed by atoms with Gasteiger partial charge in [-0.15, -0.1) is 0 Å². The maximum absolute atomic E-state index is 11.0. The van der Waals surface area contributed by atoms with Gasteiger partial charge in [-0.1, -0.05) is 0 Å². The topological polar surface area (TPSA) is 50.4 Å². The normalized spacial score (nSPS) is 12.5. The minimum Gasteiger partial charge on any atom is -0.385 e. The van der Waals surface area contributed by atoms with Crippen LogP contribution in [0, 0.1) is 0 Å². The Morgan fingerprint density at radius 2 is 2.07 bits per heavy atom. The molecule has 0 heterocycles. The number of hydrogen-bond donors (Lipinski definition) is 2. The predicted octanol–water partition coefficient (Wildman–Crippen LogP) is 0.917. The summed E-state index contributed by atoms with van der Waals surface area (Å²) in [6.07, 6.45) is 3.98. The first-order chi connectivity index (χ1) is 7.20. The number of ether oxygens (including phenoxy) is 1. The van der Waals surface area contributed by atoms with Crippen LogP contribution < -0.4 is 10.6 Å². The van der Waals surface area contributed by atoms with Crippen molar-refractivity contribution in [1.29, 1.82) is 0 Å². The molecule has 2 N–H and O–H groups in total. The van der Waals surface area contributed by atoms with Crippen LogP contribution in [0.2, 0.25) is 0 Å². The van der Waals surface area contributed by atoms with E-state index in [1.807, 2.05) is 6.92 Å². The molecule has 0 rings (SSSR count). The van der Waals surface area contributed by atoms with Gasteiger partial charge in [0.15, 0.2) is 0 Å². The summed E-state index contributed by atoms with van der Waals surface area (Å²) in [5.41, 5.74) is 0. The minimum atomic E-state index is 0.0920. The second-order valence-electron chi connectivity index (χ2n) is 3.79. The fraction of sp³-hybridized carbons (Fsp3) is 0.909. The van der Waals surface area contributed by atoms with Crippen molar-refractivity contribution in [1.82, 2.24) is 10.6 Å². The van der Waals surface area contributed by atoms with Crippen molar-refractivity contribution in [2.24, 2.45) is 0 Å². The van der Waals surface area contributed by atoms with Gasteiger partial charge in [0.2, 0.25) is 5.91 Å². The van der Waals surface area contributed by atoms with Crippen LogP contribution in [0.15, 0.2) is 0 Å². The minimum absolute atomic E-state index is 0.0920. The van der Waals surface area contributed by atoms with Crippen LogP contribution in [0.25, 0.3) is 0 Å². The van der Waals surface area contributed by atoms with Gasteiger partial charge in [-0.25, -0.2) is 0 Å². The van der Waals surface area contributed by atoms with E-state index in [2.05, 4.69) is 10.6 Å². The van der Waals surface area contributed by atoms with Crippen molar-refractivity contribution in [3.63, 3.8) is 0 Å². The SMILES string of the molecule is CNC(=O)CC(C)NCCCCCOC. The zero-order chi connectivity index (χ0) is 11.5. The van der Waals surface area contributed by atoms with Gasteiger partial charge in [-0.3, -0.25) is 4.79 Å². The molecular formula is C11H24N2O2. The van der Waals surface area contributed by atoms with Crippen LogP contribution >= 0.6 is 0 Å². The summed E-state index contributed by atoms with van der Waals surface area (Å²) in [6.45, 7) is 3.85. The largest absolute Gasteiger partial charge is 0.385 e. The Kier molecular flexibility index (Phi) is 9.52. The van der Waals surface area contributed by atoms with E-state index in [0.29, 0.717) is 6.42 Å². The molecule has 4 heteroatoms. The Labute approximate surface area is 92.8 Å². The Bertz CT molecular complexity index is 163. The molecule has 0 radical (unpaired) electrons. The van der Waals surface area contributed by atoms with Crippen molar-refractivity contribution in [2.45, 2.75) is 38.6 Å². The van der Waals surface area contributed by atoms with Gasteiger partial charge in [-0.05, 0) is 32.7 Å². The molecule has 0 saturated carbocycles. The van der Waals surface area contributed by atoms with Gasteiger partial charge in [0.1, 0.15) is 0 Å². The third kappa shape index (κ3) is 9.69. The standard InChI is InChI=1S/C11H24N2O2/c1-10(9-11(14)12-2)13-7-5-4-6-8-15-3/h10,13H,4-9H2,1-3H3,(H,12,14). The Morgan fingerprint density at radius 3 is 2.67 bits per heavy atom. The maximum Gasteiger partial charge on any atom is 0.221 e. The summed E-state index contributed by atoms with van der Waals surface area (Å²) in [7, 11) is 3.39. The van der Waals surface area contributed by atoms with Crippen molar-refractivity contribution in [3.8, 4) is 0 Å². The van der Waals surface area contributed by atoms with Gasteiger partial charge in [0.05, 0.1) is 0 Å². The van der Waals surface area contributed by atoms with Crippen molar-refractivity contribution in [2.75, 3.05) is 27.3 Å². The van der Waals surface area contributed by atoms with Crippen LogP contribution in [-0.4, -0.2) is 39.3 Å². The van der Waals surface area contributed by atoms with E-state index < -0.39 is 0 Å². The molecule has 0 bridgehead atoms. The average molecular weight is 216 g/mol. The predicted molar refractivity (Wildman–Crippen MR) is 61.9 cm³/mol. The van der Waals surface area contributed by atoms with Gasteiger partial charge in [0.25, 0.3) is 0 Å². The lowest BCUT2D eigenvalue weighted by molar-refractivity contribution is -0.121. The molecule has 0 aliphatic carbocycles. The third-order valence-electron chi connectivity index (χ3n) is 2.29. The summed E-state index contributed by atoms with van der Waals surface area (Å²) < 4.78 is 4.96. The first kappa shape index (κ1) is 14.4. The molecule has 1 amide bonds. The molecule has 90 valence electrons. The highest BCUT2D eigenvalue weighted by atomic mass is 16.5. The van der Waals surface area contributed by atoms with E-state index >= 15 is 0 Å². The van der Waals surface area contributed by atoms with E-state index in [1.165, 1.54) is 6.42 Å². The monoisotopic (exact) mass is 216 g/mol. The Hall–Kier alpha value is -0.610. The zero-order valence-corrected chi connectivity index (χ0v) is 10.1. The molecule has 0 aromatic rings. The molecule has 15 heavy (non-hydrogen) atoms. The second-order valence-corrected chi connectivity index (χ2v) is 3.79. The molecular weight excluding hydrogens is 192 g/mol. The van der Waals surface area contributed by atoms with Gasteiger partial charge in [0, 0.05) is 33.2 Å². The Morgan fingerprint density at radius 1 is 1.33 bits per heavy atom. The molecule has 0 aromatic heterocycles. The average Bonchev–Trinajstić information content (AvgIpc) is 2.23. The number of hydrogen-bond acceptors (Lipinski definition) is 3. The molecule has 1 unspecified atom stereocenters. The quantitative estimate of drug-likeness (QED) is 0.563.